The first-order chi connectivity index (χ1) is 12.6. The van der Waals surface area contributed by atoms with Gasteiger partial charge in [-0.15, -0.1) is 0 Å². The van der Waals surface area contributed by atoms with Crippen LogP contribution in [-0.4, -0.2) is 43.5 Å². The van der Waals surface area contributed by atoms with E-state index in [-0.39, 0.29) is 5.16 Å². The molecule has 26 heavy (non-hydrogen) atoms. The van der Waals surface area contributed by atoms with Crippen LogP contribution in [0.4, 0.5) is 0 Å². The Bertz CT molecular complexity index is 353. The maximum Gasteiger partial charge on any atom is 0.347 e. The summed E-state index contributed by atoms with van der Waals surface area (Å²) in [6.07, 6.45) is 10.7. The summed E-state index contributed by atoms with van der Waals surface area (Å²) in [5.41, 5.74) is 0. The number of hydrogen-bond acceptors (Lipinski definition) is 4. The molecule has 0 aliphatic rings. The van der Waals surface area contributed by atoms with E-state index in [0.717, 1.165) is 24.9 Å². The van der Waals surface area contributed by atoms with Crippen molar-refractivity contribution in [2.75, 3.05) is 26.4 Å². The summed E-state index contributed by atoms with van der Waals surface area (Å²) in [7, 11) is -5.07. The summed E-state index contributed by atoms with van der Waals surface area (Å²) < 4.78 is 25.9. The summed E-state index contributed by atoms with van der Waals surface area (Å²) >= 11 is 0. The van der Waals surface area contributed by atoms with Gasteiger partial charge in [-0.25, -0.2) is 0 Å². The molecule has 0 unspecified atom stereocenters. The summed E-state index contributed by atoms with van der Waals surface area (Å²) in [5, 5.41) is 0.229. The minimum absolute atomic E-state index is 0.229. The smallest absolute Gasteiger partial charge is 0.347 e. The van der Waals surface area contributed by atoms with Gasteiger partial charge < -0.3 is 17.7 Å². The zero-order valence-corrected chi connectivity index (χ0v) is 20.2. The van der Waals surface area contributed by atoms with Gasteiger partial charge in [-0.05, 0) is 48.0 Å². The summed E-state index contributed by atoms with van der Waals surface area (Å²) in [5.74, 6) is 0. The molecule has 0 saturated carbocycles. The van der Waals surface area contributed by atoms with Crippen molar-refractivity contribution in [3.05, 3.63) is 24.3 Å². The Kier molecular flexibility index (Phi) is 14.6. The fourth-order valence-electron chi connectivity index (χ4n) is 3.61. The lowest BCUT2D eigenvalue weighted by Crippen LogP contribution is -2.60. The van der Waals surface area contributed by atoms with Gasteiger partial charge in [0.1, 0.15) is 0 Å². The predicted octanol–water partition coefficient (Wildman–Crippen LogP) is 5.88. The molecule has 4 nitrogen and oxygen atoms in total. The Hall–Kier alpha value is -0.246. The molecule has 0 N–H and O–H groups in total. The summed E-state index contributed by atoms with van der Waals surface area (Å²) in [4.78, 5) is 0. The first kappa shape index (κ1) is 25.8. The molecule has 0 aliphatic heterocycles. The molecule has 0 aromatic carbocycles. The fourth-order valence-corrected chi connectivity index (χ4v) is 14.6. The van der Waals surface area contributed by atoms with Gasteiger partial charge in [-0.1, -0.05) is 37.6 Å². The second-order valence-corrected chi connectivity index (χ2v) is 13.4. The second-order valence-electron chi connectivity index (χ2n) is 6.24. The van der Waals surface area contributed by atoms with Crippen LogP contribution in [0.2, 0.25) is 17.3 Å². The maximum atomic E-state index is 6.48. The van der Waals surface area contributed by atoms with Crippen LogP contribution in [0.15, 0.2) is 24.3 Å². The van der Waals surface area contributed by atoms with Crippen LogP contribution >= 0.6 is 0 Å². The fraction of sp³-hybridized carbons (Fsp3) is 0.800. The predicted molar refractivity (Wildman–Crippen MR) is 116 cm³/mol. The molecule has 0 spiro atoms. The lowest BCUT2D eigenvalue weighted by atomic mass is 10.4. The van der Waals surface area contributed by atoms with Crippen molar-refractivity contribution < 1.29 is 17.7 Å². The van der Waals surface area contributed by atoms with Crippen LogP contribution in [-0.2, 0) is 17.7 Å². The molecular formula is C20H42O4Si2. The Morgan fingerprint density at radius 3 is 1.23 bits per heavy atom. The van der Waals surface area contributed by atoms with Crippen molar-refractivity contribution >= 4 is 17.1 Å². The number of hydrogen-bond donors (Lipinski definition) is 0. The Morgan fingerprint density at radius 2 is 1.00 bits per heavy atom. The molecule has 0 atom stereocenters. The molecule has 0 rings (SSSR count). The zero-order valence-electron chi connectivity index (χ0n) is 18.2. The average molecular weight is 403 g/mol. The molecule has 0 heterocycles. The molecule has 0 amide bonds. The van der Waals surface area contributed by atoms with Crippen LogP contribution in [0.1, 0.15) is 61.3 Å². The third-order valence-corrected chi connectivity index (χ3v) is 14.5. The van der Waals surface area contributed by atoms with Gasteiger partial charge in [0.2, 0.25) is 0 Å². The molecule has 0 aromatic heterocycles. The van der Waals surface area contributed by atoms with Crippen molar-refractivity contribution in [3.8, 4) is 0 Å². The zero-order chi connectivity index (χ0) is 19.9. The van der Waals surface area contributed by atoms with E-state index < -0.39 is 17.1 Å². The van der Waals surface area contributed by atoms with Gasteiger partial charge in [0.15, 0.2) is 0 Å². The first-order valence-corrected chi connectivity index (χ1v) is 14.5. The van der Waals surface area contributed by atoms with E-state index in [2.05, 4.69) is 72.8 Å². The van der Waals surface area contributed by atoms with Crippen molar-refractivity contribution in [2.24, 2.45) is 0 Å². The van der Waals surface area contributed by atoms with E-state index in [1.807, 2.05) is 0 Å². The Morgan fingerprint density at radius 1 is 0.654 bits per heavy atom. The number of allylic oxidation sites excluding steroid dienone is 4. The minimum Gasteiger partial charge on any atom is -0.394 e. The molecule has 0 radical (unpaired) electrons. The largest absolute Gasteiger partial charge is 0.394 e. The van der Waals surface area contributed by atoms with Crippen LogP contribution in [0.25, 0.3) is 0 Å². The third-order valence-electron chi connectivity index (χ3n) is 4.47. The minimum atomic E-state index is -2.54. The van der Waals surface area contributed by atoms with Crippen LogP contribution in [0.3, 0.4) is 0 Å². The second kappa shape index (κ2) is 14.8. The molecule has 0 saturated heterocycles. The van der Waals surface area contributed by atoms with Gasteiger partial charge in [0, 0.05) is 43.7 Å². The molecular weight excluding hydrogens is 360 g/mol. The quantitative estimate of drug-likeness (QED) is 0.239. The molecule has 0 bridgehead atoms. The monoisotopic (exact) mass is 402 g/mol. The standard InChI is InChI=1S/C20H42O4Si2/c1-8-15-18-25(21-11-4,22-12-5)20(17-10-3)26(23-13-6,24-14-7)19-16-9-2/h8-9,15-16,20H,10-14,17-19H2,1-7H3. The van der Waals surface area contributed by atoms with E-state index in [1.54, 1.807) is 0 Å². The van der Waals surface area contributed by atoms with Gasteiger partial charge in [-0.3, -0.25) is 0 Å². The van der Waals surface area contributed by atoms with E-state index >= 15 is 0 Å². The van der Waals surface area contributed by atoms with Crippen molar-refractivity contribution in [2.45, 2.75) is 78.6 Å². The van der Waals surface area contributed by atoms with Crippen LogP contribution in [0.5, 0.6) is 0 Å². The highest BCUT2D eigenvalue weighted by molar-refractivity contribution is 6.88. The Labute approximate surface area is 164 Å². The van der Waals surface area contributed by atoms with Crippen molar-refractivity contribution in [1.29, 1.82) is 0 Å². The molecule has 6 heteroatoms. The van der Waals surface area contributed by atoms with Gasteiger partial charge >= 0.3 is 17.1 Å². The molecule has 0 aliphatic carbocycles. The lowest BCUT2D eigenvalue weighted by molar-refractivity contribution is 0.148. The van der Waals surface area contributed by atoms with E-state index in [1.165, 1.54) is 0 Å². The normalized spacial score (nSPS) is 14.6. The van der Waals surface area contributed by atoms with Crippen molar-refractivity contribution in [1.82, 2.24) is 0 Å². The van der Waals surface area contributed by atoms with E-state index in [0.29, 0.717) is 26.4 Å². The van der Waals surface area contributed by atoms with Crippen molar-refractivity contribution in [3.63, 3.8) is 0 Å². The van der Waals surface area contributed by atoms with E-state index in [9.17, 15) is 0 Å². The Balaban J connectivity index is 6.30. The topological polar surface area (TPSA) is 36.9 Å². The SMILES string of the molecule is CC=CC[Si](OCC)(OCC)C(CCC)[Si](CC=CC)(OCC)OCC. The first-order valence-electron chi connectivity index (χ1n) is 10.3. The highest BCUT2D eigenvalue weighted by Gasteiger charge is 2.59. The van der Waals surface area contributed by atoms with Crippen LogP contribution in [0, 0.1) is 0 Å². The summed E-state index contributed by atoms with van der Waals surface area (Å²) in [6, 6.07) is 1.70. The molecule has 0 fully saturated rings. The third kappa shape index (κ3) is 7.40. The van der Waals surface area contributed by atoms with Gasteiger partial charge in [-0.2, -0.15) is 0 Å². The van der Waals surface area contributed by atoms with Crippen LogP contribution < -0.4 is 0 Å². The average Bonchev–Trinajstić information content (AvgIpc) is 2.63. The lowest BCUT2D eigenvalue weighted by Gasteiger charge is -2.45. The maximum absolute atomic E-state index is 6.48. The highest BCUT2D eigenvalue weighted by atomic mass is 28.4. The molecule has 0 aromatic rings. The van der Waals surface area contributed by atoms with Gasteiger partial charge in [0.25, 0.3) is 0 Å². The number of rotatable bonds is 16. The van der Waals surface area contributed by atoms with E-state index in [4.69, 9.17) is 17.7 Å². The summed E-state index contributed by atoms with van der Waals surface area (Å²) in [6.45, 7) is 17.3. The highest BCUT2D eigenvalue weighted by Crippen LogP contribution is 2.43. The van der Waals surface area contributed by atoms with Gasteiger partial charge in [0.05, 0.1) is 0 Å². The molecule has 154 valence electrons.